The monoisotopic (exact) mass is 562 g/mol. The van der Waals surface area contributed by atoms with Crippen LogP contribution in [0.15, 0.2) is 66.8 Å². The number of esters is 1. The minimum Gasteiger partial charge on any atom is -0.507 e. The predicted molar refractivity (Wildman–Crippen MR) is 152 cm³/mol. The van der Waals surface area contributed by atoms with Crippen molar-refractivity contribution in [1.82, 2.24) is 4.98 Å². The number of carbonyl (C=O) groups is 3. The van der Waals surface area contributed by atoms with E-state index in [1.165, 1.54) is 12.0 Å². The molecule has 1 unspecified atom stereocenters. The number of anilines is 1. The van der Waals surface area contributed by atoms with Crippen molar-refractivity contribution in [3.8, 4) is 11.5 Å². The third kappa shape index (κ3) is 5.76. The topological polar surface area (TPSA) is 115 Å². The number of hydrogen-bond donors (Lipinski definition) is 1. The molecular formula is C30H30N2O7S. The van der Waals surface area contributed by atoms with Gasteiger partial charge in [0.25, 0.3) is 5.78 Å². The summed E-state index contributed by atoms with van der Waals surface area (Å²) in [5, 5.41) is 11.6. The van der Waals surface area contributed by atoms with Crippen molar-refractivity contribution in [3.05, 3.63) is 88.5 Å². The molecule has 0 saturated carbocycles. The van der Waals surface area contributed by atoms with E-state index in [1.807, 2.05) is 0 Å². The number of thiazole rings is 1. The van der Waals surface area contributed by atoms with Crippen LogP contribution in [-0.2, 0) is 14.3 Å². The van der Waals surface area contributed by atoms with Crippen molar-refractivity contribution in [3.63, 3.8) is 0 Å². The summed E-state index contributed by atoms with van der Waals surface area (Å²) >= 11 is 0.938. The Hall–Kier alpha value is -4.44. The summed E-state index contributed by atoms with van der Waals surface area (Å²) in [7, 11) is 1.25. The molecule has 208 valence electrons. The Morgan fingerprint density at radius 2 is 1.90 bits per heavy atom. The lowest BCUT2D eigenvalue weighted by molar-refractivity contribution is -0.132. The molecule has 0 bridgehead atoms. The first kappa shape index (κ1) is 28.6. The summed E-state index contributed by atoms with van der Waals surface area (Å²) in [6.07, 6.45) is 3.45. The van der Waals surface area contributed by atoms with Gasteiger partial charge in [-0.25, -0.2) is 9.78 Å². The zero-order valence-electron chi connectivity index (χ0n) is 22.5. The third-order valence-corrected chi connectivity index (χ3v) is 7.38. The number of carbonyl (C=O) groups excluding carboxylic acids is 3. The molecule has 1 amide bonds. The van der Waals surface area contributed by atoms with Gasteiger partial charge in [0.2, 0.25) is 0 Å². The number of hydrogen-bond acceptors (Lipinski definition) is 9. The molecule has 3 aromatic rings. The van der Waals surface area contributed by atoms with Crippen LogP contribution in [0.1, 0.15) is 52.3 Å². The van der Waals surface area contributed by atoms with Gasteiger partial charge in [0.15, 0.2) is 5.13 Å². The van der Waals surface area contributed by atoms with Gasteiger partial charge in [0.1, 0.15) is 28.7 Å². The van der Waals surface area contributed by atoms with E-state index in [9.17, 15) is 19.5 Å². The van der Waals surface area contributed by atoms with Crippen LogP contribution >= 0.6 is 11.3 Å². The van der Waals surface area contributed by atoms with Crippen LogP contribution in [0, 0.1) is 6.92 Å². The number of Topliss-reactive ketones (excluding diaryl/α,β-unsaturated/α-hetero) is 1. The quantitative estimate of drug-likeness (QED) is 0.0801. The molecule has 2 heterocycles. The van der Waals surface area contributed by atoms with Crippen molar-refractivity contribution in [1.29, 1.82) is 0 Å². The Kier molecular flexibility index (Phi) is 9.00. The molecule has 1 aromatic heterocycles. The van der Waals surface area contributed by atoms with E-state index in [-0.39, 0.29) is 21.3 Å². The molecule has 1 atom stereocenters. The molecule has 0 spiro atoms. The average Bonchev–Trinajstić information content (AvgIpc) is 3.47. The van der Waals surface area contributed by atoms with Crippen LogP contribution in [0.5, 0.6) is 11.5 Å². The lowest BCUT2D eigenvalue weighted by Gasteiger charge is -2.23. The molecular weight excluding hydrogens is 532 g/mol. The average molecular weight is 563 g/mol. The minimum atomic E-state index is -1.02. The molecule has 2 aromatic carbocycles. The number of aromatic nitrogens is 1. The van der Waals surface area contributed by atoms with Gasteiger partial charge < -0.3 is 19.3 Å². The summed E-state index contributed by atoms with van der Waals surface area (Å²) < 4.78 is 16.2. The van der Waals surface area contributed by atoms with Crippen molar-refractivity contribution >= 4 is 39.9 Å². The van der Waals surface area contributed by atoms with Gasteiger partial charge in [-0.1, -0.05) is 61.6 Å². The first-order valence-corrected chi connectivity index (χ1v) is 13.6. The Morgan fingerprint density at radius 1 is 1.15 bits per heavy atom. The number of rotatable bonds is 11. The molecule has 4 rings (SSSR count). The molecule has 1 fully saturated rings. The van der Waals surface area contributed by atoms with Gasteiger partial charge in [-0.3, -0.25) is 14.5 Å². The van der Waals surface area contributed by atoms with E-state index in [2.05, 4.69) is 18.5 Å². The Labute approximate surface area is 236 Å². The van der Waals surface area contributed by atoms with E-state index >= 15 is 0 Å². The number of aryl methyl sites for hydroxylation is 1. The zero-order valence-corrected chi connectivity index (χ0v) is 23.3. The lowest BCUT2D eigenvalue weighted by atomic mass is 9.95. The number of ether oxygens (including phenoxy) is 3. The zero-order chi connectivity index (χ0) is 28.8. The summed E-state index contributed by atoms with van der Waals surface area (Å²) in [6, 6.07) is 12.5. The highest BCUT2D eigenvalue weighted by molar-refractivity contribution is 7.17. The van der Waals surface area contributed by atoms with Gasteiger partial charge in [-0.05, 0) is 43.2 Å². The normalized spacial score (nSPS) is 16.2. The van der Waals surface area contributed by atoms with Crippen molar-refractivity contribution in [2.24, 2.45) is 0 Å². The smallest absolute Gasteiger partial charge is 0.350 e. The van der Waals surface area contributed by atoms with Crippen molar-refractivity contribution in [2.45, 2.75) is 32.7 Å². The fraction of sp³-hybridized carbons (Fsp3) is 0.267. The molecule has 0 radical (unpaired) electrons. The number of methoxy groups -OCH3 is 1. The lowest BCUT2D eigenvalue weighted by Crippen LogP contribution is -2.29. The summed E-state index contributed by atoms with van der Waals surface area (Å²) in [6.45, 7) is 8.14. The Bertz CT molecular complexity index is 1460. The highest BCUT2D eigenvalue weighted by atomic mass is 32.1. The van der Waals surface area contributed by atoms with Gasteiger partial charge in [0.05, 0.1) is 31.0 Å². The molecule has 0 aliphatic carbocycles. The van der Waals surface area contributed by atoms with E-state index < -0.39 is 23.7 Å². The van der Waals surface area contributed by atoms with E-state index in [4.69, 9.17) is 14.2 Å². The second-order valence-electron chi connectivity index (χ2n) is 8.97. The van der Waals surface area contributed by atoms with Gasteiger partial charge in [-0.2, -0.15) is 0 Å². The molecule has 1 saturated heterocycles. The second-order valence-corrected chi connectivity index (χ2v) is 9.95. The third-order valence-electron chi connectivity index (χ3n) is 6.24. The number of unbranched alkanes of at least 4 members (excludes halogenated alkanes) is 1. The fourth-order valence-electron chi connectivity index (χ4n) is 4.24. The van der Waals surface area contributed by atoms with Crippen LogP contribution in [0.25, 0.3) is 5.76 Å². The van der Waals surface area contributed by atoms with E-state index in [1.54, 1.807) is 61.5 Å². The summed E-state index contributed by atoms with van der Waals surface area (Å²) in [5.74, 6) is -1.60. The maximum absolute atomic E-state index is 13.5. The first-order valence-electron chi connectivity index (χ1n) is 12.7. The first-order chi connectivity index (χ1) is 19.3. The van der Waals surface area contributed by atoms with Crippen LogP contribution in [0.4, 0.5) is 5.13 Å². The Balaban J connectivity index is 1.84. The summed E-state index contributed by atoms with van der Waals surface area (Å²) in [5.41, 5.74) is 1.11. The van der Waals surface area contributed by atoms with Crippen molar-refractivity contribution < 1.29 is 33.7 Å². The summed E-state index contributed by atoms with van der Waals surface area (Å²) in [4.78, 5) is 45.0. The van der Waals surface area contributed by atoms with Crippen LogP contribution < -0.4 is 14.4 Å². The molecule has 10 heteroatoms. The van der Waals surface area contributed by atoms with Crippen LogP contribution in [0.3, 0.4) is 0 Å². The van der Waals surface area contributed by atoms with Gasteiger partial charge >= 0.3 is 11.9 Å². The highest BCUT2D eigenvalue weighted by Gasteiger charge is 2.48. The molecule has 9 nitrogen and oxygen atoms in total. The number of aliphatic hydroxyl groups excluding tert-OH is 1. The molecule has 1 aliphatic heterocycles. The number of amides is 1. The number of aliphatic hydroxyl groups is 1. The largest absolute Gasteiger partial charge is 0.507 e. The maximum atomic E-state index is 13.5. The SMILES string of the molecule is C=CCOc1ccc(C2/C(=C(\O)c3cccc(OCCCC)c3)C(=O)C(=O)N2c2nc(C)c(C(=O)OC)s2)cc1. The predicted octanol–water partition coefficient (Wildman–Crippen LogP) is 5.61. The number of benzene rings is 2. The van der Waals surface area contributed by atoms with Crippen molar-refractivity contribution in [2.75, 3.05) is 25.2 Å². The molecule has 40 heavy (non-hydrogen) atoms. The second kappa shape index (κ2) is 12.6. The number of ketones is 1. The minimum absolute atomic E-state index is 0.108. The van der Waals surface area contributed by atoms with E-state index in [0.29, 0.717) is 41.5 Å². The number of nitrogens with zero attached hydrogens (tertiary/aromatic N) is 2. The highest BCUT2D eigenvalue weighted by Crippen LogP contribution is 2.44. The van der Waals surface area contributed by atoms with Crippen LogP contribution in [0.2, 0.25) is 0 Å². The molecule has 1 N–H and O–H groups in total. The van der Waals surface area contributed by atoms with Gasteiger partial charge in [-0.15, -0.1) is 0 Å². The van der Waals surface area contributed by atoms with Gasteiger partial charge in [0, 0.05) is 5.56 Å². The maximum Gasteiger partial charge on any atom is 0.350 e. The van der Waals surface area contributed by atoms with Crippen LogP contribution in [-0.4, -0.2) is 48.1 Å². The fourth-order valence-corrected chi connectivity index (χ4v) is 5.25. The standard InChI is InChI=1S/C30H30N2O7S/c1-5-7-16-39-22-10-8-9-20(17-22)25(33)23-24(19-11-13-21(14-12-19)38-15-6-2)32(28(35)26(23)34)30-31-18(3)27(40-30)29(36)37-4/h6,8-14,17,24,33H,2,5,7,15-16H2,1,3-4H3/b25-23+. The molecule has 1 aliphatic rings. The van der Waals surface area contributed by atoms with E-state index in [0.717, 1.165) is 24.2 Å². The Morgan fingerprint density at radius 3 is 2.58 bits per heavy atom.